The molecule has 2 nitrogen and oxygen atoms in total. The summed E-state index contributed by atoms with van der Waals surface area (Å²) in [5.41, 5.74) is 1.17. The quantitative estimate of drug-likeness (QED) is 0.850. The summed E-state index contributed by atoms with van der Waals surface area (Å²) in [4.78, 5) is 2.56. The van der Waals surface area contributed by atoms with Crippen LogP contribution in [0.4, 0.5) is 4.39 Å². The van der Waals surface area contributed by atoms with Crippen LogP contribution < -0.4 is 5.32 Å². The molecule has 0 aromatic heterocycles. The fourth-order valence-corrected chi connectivity index (χ4v) is 3.63. The number of rotatable bonds is 5. The van der Waals surface area contributed by atoms with Gasteiger partial charge in [0.15, 0.2) is 0 Å². The Labute approximate surface area is 136 Å². The molecule has 118 valence electrons. The zero-order valence-corrected chi connectivity index (χ0v) is 14.8. The van der Waals surface area contributed by atoms with Crippen molar-refractivity contribution in [3.05, 3.63) is 34.1 Å². The number of halogens is 2. The highest BCUT2D eigenvalue weighted by atomic mass is 79.9. The smallest absolute Gasteiger partial charge is 0.124 e. The SMILES string of the molecule is CCCC1CN(Cc2ccc(F)cc2Br)C(C(C)C)CN1. The number of nitrogens with zero attached hydrogens (tertiary/aromatic N) is 1. The summed E-state index contributed by atoms with van der Waals surface area (Å²) in [5, 5.41) is 3.68. The van der Waals surface area contributed by atoms with Crippen molar-refractivity contribution in [2.45, 2.75) is 52.2 Å². The van der Waals surface area contributed by atoms with Gasteiger partial charge in [-0.2, -0.15) is 0 Å². The number of nitrogens with one attached hydrogen (secondary N) is 1. The first kappa shape index (κ1) is 16.9. The van der Waals surface area contributed by atoms with Gasteiger partial charge in [-0.15, -0.1) is 0 Å². The molecular weight excluding hydrogens is 331 g/mol. The van der Waals surface area contributed by atoms with Gasteiger partial charge < -0.3 is 5.32 Å². The Morgan fingerprint density at radius 3 is 2.81 bits per heavy atom. The summed E-state index contributed by atoms with van der Waals surface area (Å²) in [6.07, 6.45) is 2.42. The molecule has 1 aliphatic heterocycles. The largest absolute Gasteiger partial charge is 0.311 e. The molecule has 4 heteroatoms. The summed E-state index contributed by atoms with van der Waals surface area (Å²) in [6, 6.07) is 6.12. The molecular formula is C17H26BrFN2. The predicted molar refractivity (Wildman–Crippen MR) is 89.8 cm³/mol. The van der Waals surface area contributed by atoms with E-state index < -0.39 is 0 Å². The molecule has 0 amide bonds. The van der Waals surface area contributed by atoms with Crippen molar-refractivity contribution in [3.8, 4) is 0 Å². The first-order chi connectivity index (χ1) is 10.0. The zero-order chi connectivity index (χ0) is 15.4. The average molecular weight is 357 g/mol. The highest BCUT2D eigenvalue weighted by molar-refractivity contribution is 9.10. The van der Waals surface area contributed by atoms with Crippen LogP contribution in [0.2, 0.25) is 0 Å². The summed E-state index contributed by atoms with van der Waals surface area (Å²) < 4.78 is 14.1. The van der Waals surface area contributed by atoms with Gasteiger partial charge in [0.2, 0.25) is 0 Å². The van der Waals surface area contributed by atoms with Crippen LogP contribution >= 0.6 is 15.9 Å². The van der Waals surface area contributed by atoms with Crippen LogP contribution in [0.25, 0.3) is 0 Å². The van der Waals surface area contributed by atoms with E-state index in [9.17, 15) is 4.39 Å². The molecule has 2 atom stereocenters. The molecule has 1 saturated heterocycles. The molecule has 0 bridgehead atoms. The van der Waals surface area contributed by atoms with E-state index in [0.29, 0.717) is 18.0 Å². The number of benzene rings is 1. The van der Waals surface area contributed by atoms with E-state index in [1.165, 1.54) is 18.4 Å². The topological polar surface area (TPSA) is 15.3 Å². The third-order valence-electron chi connectivity index (χ3n) is 4.33. The highest BCUT2D eigenvalue weighted by Crippen LogP contribution is 2.24. The summed E-state index contributed by atoms with van der Waals surface area (Å²) in [5.74, 6) is 0.425. The standard InChI is InChI=1S/C17H26BrFN2/c1-4-5-15-11-21(17(9-20-15)12(2)3)10-13-6-7-14(19)8-16(13)18/h6-8,12,15,17,20H,4-5,9-11H2,1-3H3. The first-order valence-corrected chi connectivity index (χ1v) is 8.72. The fourth-order valence-electron chi connectivity index (χ4n) is 3.15. The first-order valence-electron chi connectivity index (χ1n) is 7.92. The van der Waals surface area contributed by atoms with E-state index in [0.717, 1.165) is 24.1 Å². The second-order valence-corrected chi connectivity index (χ2v) is 7.22. The maximum Gasteiger partial charge on any atom is 0.124 e. The lowest BCUT2D eigenvalue weighted by Crippen LogP contribution is -2.57. The second kappa shape index (κ2) is 7.70. The highest BCUT2D eigenvalue weighted by Gasteiger charge is 2.29. The van der Waals surface area contributed by atoms with Crippen LogP contribution in [-0.4, -0.2) is 30.1 Å². The lowest BCUT2D eigenvalue weighted by Gasteiger charge is -2.42. The van der Waals surface area contributed by atoms with Crippen LogP contribution in [-0.2, 0) is 6.54 Å². The van der Waals surface area contributed by atoms with Gasteiger partial charge in [0.25, 0.3) is 0 Å². The molecule has 0 aliphatic carbocycles. The van der Waals surface area contributed by atoms with Gasteiger partial charge >= 0.3 is 0 Å². The summed E-state index contributed by atoms with van der Waals surface area (Å²) >= 11 is 3.49. The Bertz CT molecular complexity index is 464. The van der Waals surface area contributed by atoms with Crippen molar-refractivity contribution >= 4 is 15.9 Å². The van der Waals surface area contributed by atoms with E-state index in [-0.39, 0.29) is 5.82 Å². The number of hydrogen-bond acceptors (Lipinski definition) is 2. The van der Waals surface area contributed by atoms with Crippen LogP contribution in [0.3, 0.4) is 0 Å². The van der Waals surface area contributed by atoms with Crippen LogP contribution in [0.1, 0.15) is 39.2 Å². The van der Waals surface area contributed by atoms with E-state index in [1.54, 1.807) is 12.1 Å². The lowest BCUT2D eigenvalue weighted by atomic mass is 9.96. The van der Waals surface area contributed by atoms with Crippen molar-refractivity contribution in [2.75, 3.05) is 13.1 Å². The summed E-state index contributed by atoms with van der Waals surface area (Å²) in [7, 11) is 0. The molecule has 0 radical (unpaired) electrons. The second-order valence-electron chi connectivity index (χ2n) is 6.37. The third-order valence-corrected chi connectivity index (χ3v) is 5.07. The molecule has 1 aromatic rings. The minimum absolute atomic E-state index is 0.185. The predicted octanol–water partition coefficient (Wildman–Crippen LogP) is 4.19. The maximum absolute atomic E-state index is 13.2. The molecule has 2 rings (SSSR count). The lowest BCUT2D eigenvalue weighted by molar-refractivity contribution is 0.0883. The maximum atomic E-state index is 13.2. The molecule has 1 fully saturated rings. The molecule has 21 heavy (non-hydrogen) atoms. The molecule has 1 aromatic carbocycles. The van der Waals surface area contributed by atoms with Gasteiger partial charge in [0.1, 0.15) is 5.82 Å². The van der Waals surface area contributed by atoms with Crippen molar-refractivity contribution in [3.63, 3.8) is 0 Å². The Kier molecular flexibility index (Phi) is 6.20. The summed E-state index contributed by atoms with van der Waals surface area (Å²) in [6.45, 7) is 9.78. The molecule has 1 N–H and O–H groups in total. The molecule has 0 saturated carbocycles. The third kappa shape index (κ3) is 4.51. The molecule has 0 spiro atoms. The number of piperazine rings is 1. The Balaban J connectivity index is 2.11. The minimum Gasteiger partial charge on any atom is -0.311 e. The fraction of sp³-hybridized carbons (Fsp3) is 0.647. The Morgan fingerprint density at radius 1 is 1.43 bits per heavy atom. The Hall–Kier alpha value is -0.450. The number of hydrogen-bond donors (Lipinski definition) is 1. The average Bonchev–Trinajstić information content (AvgIpc) is 2.42. The van der Waals surface area contributed by atoms with Gasteiger partial charge in [-0.3, -0.25) is 4.90 Å². The van der Waals surface area contributed by atoms with Crippen LogP contribution in [0.15, 0.2) is 22.7 Å². The molecule has 2 unspecified atom stereocenters. The van der Waals surface area contributed by atoms with E-state index in [1.807, 2.05) is 6.07 Å². The van der Waals surface area contributed by atoms with E-state index in [2.05, 4.69) is 46.9 Å². The van der Waals surface area contributed by atoms with Crippen molar-refractivity contribution < 1.29 is 4.39 Å². The van der Waals surface area contributed by atoms with E-state index in [4.69, 9.17) is 0 Å². The van der Waals surface area contributed by atoms with E-state index >= 15 is 0 Å². The van der Waals surface area contributed by atoms with Gasteiger partial charge in [0.05, 0.1) is 0 Å². The van der Waals surface area contributed by atoms with Gasteiger partial charge in [-0.05, 0) is 30.0 Å². The van der Waals surface area contributed by atoms with Gasteiger partial charge in [-0.25, -0.2) is 4.39 Å². The van der Waals surface area contributed by atoms with Crippen molar-refractivity contribution in [2.24, 2.45) is 5.92 Å². The van der Waals surface area contributed by atoms with Gasteiger partial charge in [-0.1, -0.05) is 49.2 Å². The zero-order valence-electron chi connectivity index (χ0n) is 13.2. The van der Waals surface area contributed by atoms with Crippen molar-refractivity contribution in [1.82, 2.24) is 10.2 Å². The van der Waals surface area contributed by atoms with Crippen LogP contribution in [0, 0.1) is 11.7 Å². The van der Waals surface area contributed by atoms with Crippen LogP contribution in [0.5, 0.6) is 0 Å². The molecule has 1 heterocycles. The monoisotopic (exact) mass is 356 g/mol. The molecule has 1 aliphatic rings. The van der Waals surface area contributed by atoms with Gasteiger partial charge in [0, 0.05) is 36.2 Å². The Morgan fingerprint density at radius 2 is 2.19 bits per heavy atom. The van der Waals surface area contributed by atoms with Crippen molar-refractivity contribution in [1.29, 1.82) is 0 Å². The normalized spacial score (nSPS) is 23.7. The minimum atomic E-state index is -0.185.